The van der Waals surface area contributed by atoms with Gasteiger partial charge in [0.15, 0.2) is 23.3 Å². The second-order valence-electron chi connectivity index (χ2n) is 17.4. The molecule has 0 saturated heterocycles. The summed E-state index contributed by atoms with van der Waals surface area (Å²) < 4.78 is 2.29. The lowest BCUT2D eigenvalue weighted by atomic mass is 10.0. The highest BCUT2D eigenvalue weighted by molar-refractivity contribution is 6.15. The fourth-order valence-corrected chi connectivity index (χ4v) is 9.08. The minimum Gasteiger partial charge on any atom is -0.373 e. The molecule has 0 fully saturated rings. The third kappa shape index (κ3) is 9.24. The second kappa shape index (κ2) is 19.5. The quantitative estimate of drug-likeness (QED) is 0.105. The number of aromatic nitrogens is 9. The van der Waals surface area contributed by atoms with Crippen molar-refractivity contribution in [2.75, 3.05) is 7.05 Å². The Labute approximate surface area is 417 Å². The second-order valence-corrected chi connectivity index (χ2v) is 17.4. The highest BCUT2D eigenvalue weighted by Gasteiger charge is 2.23. The number of nitrogens with one attached hydrogen (secondary N) is 1. The average Bonchev–Trinajstić information content (AvgIpc) is 3.74. The molecule has 12 heteroatoms. The Morgan fingerprint density at radius 2 is 0.917 bits per heavy atom. The van der Waals surface area contributed by atoms with Gasteiger partial charge in [0, 0.05) is 56.8 Å². The van der Waals surface area contributed by atoms with E-state index in [9.17, 15) is 0 Å². The van der Waals surface area contributed by atoms with Gasteiger partial charge in [-0.1, -0.05) is 152 Å². The third-order valence-electron chi connectivity index (χ3n) is 12.4. The van der Waals surface area contributed by atoms with E-state index in [1.54, 1.807) is 0 Å². The van der Waals surface area contributed by atoms with E-state index < -0.39 is 0 Å². The van der Waals surface area contributed by atoms with Gasteiger partial charge in [-0.05, 0) is 63.6 Å². The van der Waals surface area contributed by atoms with Crippen LogP contribution in [0.25, 0.3) is 84.2 Å². The van der Waals surface area contributed by atoms with Crippen LogP contribution in [0.2, 0.25) is 0 Å². The largest absolute Gasteiger partial charge is 0.373 e. The lowest BCUT2D eigenvalue weighted by Gasteiger charge is -2.18. The van der Waals surface area contributed by atoms with Gasteiger partial charge in [0.1, 0.15) is 29.1 Å². The van der Waals surface area contributed by atoms with E-state index in [1.807, 2.05) is 132 Å². The van der Waals surface area contributed by atoms with Crippen molar-refractivity contribution in [2.45, 2.75) is 34.2 Å². The van der Waals surface area contributed by atoms with Crippen LogP contribution in [-0.4, -0.2) is 63.2 Å². The summed E-state index contributed by atoms with van der Waals surface area (Å²) in [4.78, 5) is 49.5. The van der Waals surface area contributed by atoms with Crippen LogP contribution in [0.15, 0.2) is 192 Å². The van der Waals surface area contributed by atoms with Crippen molar-refractivity contribution in [1.82, 2.24) is 49.8 Å². The minimum atomic E-state index is 0.372. The topological polar surface area (TPSA) is 145 Å². The number of benzene rings is 7. The van der Waals surface area contributed by atoms with E-state index in [0.717, 1.165) is 83.4 Å². The van der Waals surface area contributed by atoms with Gasteiger partial charge in [0.2, 0.25) is 0 Å². The molecule has 4 heterocycles. The molecule has 7 aromatic carbocycles. The first kappa shape index (κ1) is 45.0. The Kier molecular flexibility index (Phi) is 12.2. The Morgan fingerprint density at radius 1 is 0.444 bits per heavy atom. The molecule has 11 rings (SSSR count). The van der Waals surface area contributed by atoms with Crippen molar-refractivity contribution in [3.05, 3.63) is 222 Å². The van der Waals surface area contributed by atoms with Crippen LogP contribution in [0.3, 0.4) is 0 Å². The van der Waals surface area contributed by atoms with Gasteiger partial charge in [-0.3, -0.25) is 4.99 Å². The zero-order chi connectivity index (χ0) is 49.1. The van der Waals surface area contributed by atoms with Gasteiger partial charge >= 0.3 is 0 Å². The van der Waals surface area contributed by atoms with Crippen LogP contribution >= 0.6 is 0 Å². The molecule has 0 unspecified atom stereocenters. The average molecular weight is 937 g/mol. The molecule has 0 aliphatic carbocycles. The first-order chi connectivity index (χ1) is 35.2. The highest BCUT2D eigenvalue weighted by Crippen LogP contribution is 2.39. The molecular formula is C60H48N12. The van der Waals surface area contributed by atoms with Gasteiger partial charge in [-0.15, -0.1) is 0 Å². The Morgan fingerprint density at radius 3 is 1.46 bits per heavy atom. The standard InChI is InChI=1S/C60H48N12/c1-37-63-38(2)66-58(65-37)46-26-29-48-49-30-27-47(59-67-39(3)64-40(4)68-59)34-55(49)72(54(48)33-46)53-31-28-45(52-35-51(42-20-12-7-13-21-42)69-57(70-52)44-24-16-9-17-25-44)32-50(53)60(62-36-41-18-10-6-11-19-41)71-56(61-5)43-22-14-8-15-23-43/h6-35H,36H2,1-5H3,(H,61,62,71). The maximum absolute atomic E-state index is 5.47. The lowest BCUT2D eigenvalue weighted by Crippen LogP contribution is -2.22. The van der Waals surface area contributed by atoms with Gasteiger partial charge < -0.3 is 9.88 Å². The summed E-state index contributed by atoms with van der Waals surface area (Å²) in [5.41, 5.74) is 11.4. The zero-order valence-corrected chi connectivity index (χ0v) is 40.4. The number of amidine groups is 2. The minimum absolute atomic E-state index is 0.372. The normalized spacial score (nSPS) is 11.9. The smallest absolute Gasteiger partial charge is 0.163 e. The van der Waals surface area contributed by atoms with Gasteiger partial charge in [0.25, 0.3) is 0 Å². The molecule has 4 aromatic heterocycles. The molecule has 0 amide bonds. The summed E-state index contributed by atoms with van der Waals surface area (Å²) in [6.45, 7) is 7.94. The Balaban J connectivity index is 1.24. The summed E-state index contributed by atoms with van der Waals surface area (Å²) in [5, 5.41) is 5.46. The van der Waals surface area contributed by atoms with Crippen LogP contribution in [0.1, 0.15) is 40.0 Å². The molecular weight excluding hydrogens is 889 g/mol. The molecule has 0 saturated carbocycles. The predicted molar refractivity (Wildman–Crippen MR) is 288 cm³/mol. The molecule has 0 spiro atoms. The van der Waals surface area contributed by atoms with Crippen LogP contribution in [0.4, 0.5) is 0 Å². The number of aryl methyl sites for hydroxylation is 4. The summed E-state index contributed by atoms with van der Waals surface area (Å²) in [6.07, 6.45) is 0. The monoisotopic (exact) mass is 936 g/mol. The van der Waals surface area contributed by atoms with Crippen molar-refractivity contribution >= 4 is 33.5 Å². The SMILES string of the molecule is CNC(=NC(=NCc1ccccc1)c1cc(-c2cc(-c3ccccc3)nc(-c3ccccc3)n2)ccc1-n1c2cc(-c3nc(C)nc(C)n3)ccc2c2ccc(-c3nc(C)nc(C)n3)cc21)c1ccccc1. The number of hydrogen-bond donors (Lipinski definition) is 1. The van der Waals surface area contributed by atoms with Crippen molar-refractivity contribution in [2.24, 2.45) is 9.98 Å². The summed E-state index contributed by atoms with van der Waals surface area (Å²) in [5.74, 6) is 5.56. The van der Waals surface area contributed by atoms with Gasteiger partial charge in [-0.2, -0.15) is 0 Å². The van der Waals surface area contributed by atoms with Crippen LogP contribution in [0, 0.1) is 27.7 Å². The first-order valence-electron chi connectivity index (χ1n) is 23.8. The molecule has 72 heavy (non-hydrogen) atoms. The van der Waals surface area contributed by atoms with E-state index >= 15 is 0 Å². The van der Waals surface area contributed by atoms with Crippen molar-refractivity contribution in [1.29, 1.82) is 0 Å². The number of fused-ring (bicyclic) bond motifs is 3. The highest BCUT2D eigenvalue weighted by atomic mass is 15.1. The zero-order valence-electron chi connectivity index (χ0n) is 40.4. The van der Waals surface area contributed by atoms with E-state index in [4.69, 9.17) is 39.9 Å². The molecule has 1 N–H and O–H groups in total. The molecule has 348 valence electrons. The number of nitrogens with zero attached hydrogens (tertiary/aromatic N) is 11. The van der Waals surface area contributed by atoms with E-state index in [-0.39, 0.29) is 0 Å². The molecule has 0 aliphatic heterocycles. The summed E-state index contributed by atoms with van der Waals surface area (Å²) in [7, 11) is 1.89. The van der Waals surface area contributed by atoms with Gasteiger partial charge in [-0.25, -0.2) is 44.9 Å². The Bertz CT molecular complexity index is 3650. The molecule has 12 nitrogen and oxygen atoms in total. The van der Waals surface area contributed by atoms with Crippen LogP contribution in [0.5, 0.6) is 0 Å². The van der Waals surface area contributed by atoms with E-state index in [1.165, 1.54) is 0 Å². The summed E-state index contributed by atoms with van der Waals surface area (Å²) >= 11 is 0. The van der Waals surface area contributed by atoms with Crippen LogP contribution < -0.4 is 5.32 Å². The fraction of sp³-hybridized carbons (Fsp3) is 0.100. The number of rotatable bonds is 10. The maximum Gasteiger partial charge on any atom is 0.163 e. The van der Waals surface area contributed by atoms with E-state index in [0.29, 0.717) is 59.0 Å². The van der Waals surface area contributed by atoms with Crippen molar-refractivity contribution < 1.29 is 0 Å². The molecule has 0 aliphatic rings. The fourth-order valence-electron chi connectivity index (χ4n) is 9.08. The van der Waals surface area contributed by atoms with E-state index in [2.05, 4.69) is 105 Å². The third-order valence-corrected chi connectivity index (χ3v) is 12.4. The van der Waals surface area contributed by atoms with Crippen molar-refractivity contribution in [3.63, 3.8) is 0 Å². The molecule has 0 radical (unpaired) electrons. The molecule has 0 atom stereocenters. The molecule has 0 bridgehead atoms. The maximum atomic E-state index is 5.47. The Hall–Kier alpha value is -9.42. The summed E-state index contributed by atoms with van der Waals surface area (Å²) in [6, 6.07) is 62.0. The first-order valence-corrected chi connectivity index (χ1v) is 23.8. The lowest BCUT2D eigenvalue weighted by molar-refractivity contribution is 0.928. The van der Waals surface area contributed by atoms with Crippen LogP contribution in [-0.2, 0) is 6.54 Å². The van der Waals surface area contributed by atoms with Crippen molar-refractivity contribution in [3.8, 4) is 62.4 Å². The number of hydrogen-bond acceptors (Lipinski definition) is 9. The predicted octanol–water partition coefficient (Wildman–Crippen LogP) is 12.1. The molecule has 11 aromatic rings. The van der Waals surface area contributed by atoms with Gasteiger partial charge in [0.05, 0.1) is 34.7 Å². The number of aliphatic imine (C=N–C) groups is 2.